The Morgan fingerprint density at radius 3 is 2.78 bits per heavy atom. The summed E-state index contributed by atoms with van der Waals surface area (Å²) in [5, 5.41) is 0.0668. The van der Waals surface area contributed by atoms with Crippen LogP contribution in [0.4, 0.5) is 4.39 Å². The molecular formula is C13H13ClFNOS. The molecule has 0 atom stereocenters. The summed E-state index contributed by atoms with van der Waals surface area (Å²) in [4.78, 5) is 2.31. The van der Waals surface area contributed by atoms with Gasteiger partial charge in [-0.1, -0.05) is 11.6 Å². The highest BCUT2D eigenvalue weighted by molar-refractivity contribution is 7.12. The number of hydrogen-bond donors (Lipinski definition) is 1. The van der Waals surface area contributed by atoms with Crippen LogP contribution in [0.15, 0.2) is 24.3 Å². The number of hydrogen-bond acceptors (Lipinski definition) is 3. The zero-order valence-corrected chi connectivity index (χ0v) is 11.4. The highest BCUT2D eigenvalue weighted by Crippen LogP contribution is 2.25. The van der Waals surface area contributed by atoms with Crippen LogP contribution in [-0.4, -0.2) is 0 Å². The minimum atomic E-state index is -0.443. The molecule has 2 rings (SSSR count). The molecule has 5 heteroatoms. The van der Waals surface area contributed by atoms with Crippen LogP contribution in [0.25, 0.3) is 0 Å². The third-order valence-electron chi connectivity index (χ3n) is 2.56. The van der Waals surface area contributed by atoms with Gasteiger partial charge in [0, 0.05) is 27.9 Å². The number of nitrogens with two attached hydrogens (primary N) is 1. The molecule has 1 aromatic carbocycles. The normalized spacial score (nSPS) is 10.7. The van der Waals surface area contributed by atoms with Gasteiger partial charge in [-0.2, -0.15) is 0 Å². The summed E-state index contributed by atoms with van der Waals surface area (Å²) in [5.74, 6) is 0.113. The van der Waals surface area contributed by atoms with E-state index in [0.29, 0.717) is 18.9 Å². The molecular weight excluding hydrogens is 273 g/mol. The monoisotopic (exact) mass is 285 g/mol. The average Bonchev–Trinajstić information content (AvgIpc) is 2.72. The van der Waals surface area contributed by atoms with Crippen LogP contribution < -0.4 is 10.5 Å². The lowest BCUT2D eigenvalue weighted by molar-refractivity contribution is 0.305. The second-order valence-electron chi connectivity index (χ2n) is 3.86. The molecule has 0 saturated carbocycles. The highest BCUT2D eigenvalue weighted by Gasteiger charge is 2.06. The molecule has 2 N–H and O–H groups in total. The molecule has 18 heavy (non-hydrogen) atoms. The summed E-state index contributed by atoms with van der Waals surface area (Å²) in [6.45, 7) is 3.00. The molecule has 0 aliphatic carbocycles. The Bertz CT molecular complexity index is 556. The van der Waals surface area contributed by atoms with Crippen LogP contribution in [0.3, 0.4) is 0 Å². The third-order valence-corrected chi connectivity index (χ3v) is 3.96. The molecule has 2 nitrogen and oxygen atoms in total. The van der Waals surface area contributed by atoms with E-state index >= 15 is 0 Å². The van der Waals surface area contributed by atoms with Crippen molar-refractivity contribution in [3.63, 3.8) is 0 Å². The molecule has 1 heterocycles. The van der Waals surface area contributed by atoms with Crippen molar-refractivity contribution in [2.24, 2.45) is 5.73 Å². The molecule has 0 bridgehead atoms. The summed E-state index contributed by atoms with van der Waals surface area (Å²) in [6.07, 6.45) is 0. The van der Waals surface area contributed by atoms with E-state index in [9.17, 15) is 4.39 Å². The van der Waals surface area contributed by atoms with Crippen molar-refractivity contribution in [1.82, 2.24) is 0 Å². The number of ether oxygens (including phenoxy) is 1. The van der Waals surface area contributed by atoms with Crippen molar-refractivity contribution in [2.45, 2.75) is 20.1 Å². The first-order valence-electron chi connectivity index (χ1n) is 5.46. The Morgan fingerprint density at radius 1 is 1.39 bits per heavy atom. The fourth-order valence-electron chi connectivity index (χ4n) is 1.56. The van der Waals surface area contributed by atoms with E-state index in [-0.39, 0.29) is 5.02 Å². The molecule has 0 aliphatic heterocycles. The minimum absolute atomic E-state index is 0.0668. The van der Waals surface area contributed by atoms with Gasteiger partial charge >= 0.3 is 0 Å². The maximum atomic E-state index is 13.0. The summed E-state index contributed by atoms with van der Waals surface area (Å²) in [5.41, 5.74) is 6.68. The second kappa shape index (κ2) is 5.69. The predicted molar refractivity (Wildman–Crippen MR) is 72.7 cm³/mol. The summed E-state index contributed by atoms with van der Waals surface area (Å²) < 4.78 is 18.6. The Hall–Kier alpha value is -1.10. The van der Waals surface area contributed by atoms with Crippen LogP contribution in [0.2, 0.25) is 5.02 Å². The van der Waals surface area contributed by atoms with Crippen molar-refractivity contribution in [1.29, 1.82) is 0 Å². The number of rotatable bonds is 4. The van der Waals surface area contributed by atoms with Gasteiger partial charge in [-0.3, -0.25) is 0 Å². The molecule has 0 radical (unpaired) electrons. The smallest absolute Gasteiger partial charge is 0.142 e. The summed E-state index contributed by atoms with van der Waals surface area (Å²) in [7, 11) is 0. The lowest BCUT2D eigenvalue weighted by Crippen LogP contribution is -1.96. The molecule has 2 aromatic rings. The molecule has 0 fully saturated rings. The van der Waals surface area contributed by atoms with Crippen molar-refractivity contribution < 1.29 is 9.13 Å². The van der Waals surface area contributed by atoms with E-state index in [1.54, 1.807) is 17.4 Å². The number of benzene rings is 1. The lowest BCUT2D eigenvalue weighted by atomic mass is 10.2. The second-order valence-corrected chi connectivity index (χ2v) is 5.61. The molecule has 0 aliphatic rings. The standard InChI is InChI=1S/C13H13ClFNOS/c1-8-9(4-11(6-16)18-8)7-17-10-2-3-13(15)12(14)5-10/h2-5H,6-7,16H2,1H3. The van der Waals surface area contributed by atoms with Crippen molar-refractivity contribution in [3.05, 3.63) is 50.4 Å². The zero-order chi connectivity index (χ0) is 13.1. The molecule has 0 saturated heterocycles. The SMILES string of the molecule is Cc1sc(CN)cc1COc1ccc(F)c(Cl)c1. The van der Waals surface area contributed by atoms with E-state index in [2.05, 4.69) is 0 Å². The average molecular weight is 286 g/mol. The molecule has 96 valence electrons. The van der Waals surface area contributed by atoms with Gasteiger partial charge in [-0.15, -0.1) is 11.3 Å². The van der Waals surface area contributed by atoms with Gasteiger partial charge in [0.15, 0.2) is 0 Å². The molecule has 0 amide bonds. The van der Waals surface area contributed by atoms with Crippen LogP contribution in [-0.2, 0) is 13.2 Å². The van der Waals surface area contributed by atoms with Gasteiger partial charge < -0.3 is 10.5 Å². The van der Waals surface area contributed by atoms with Gasteiger partial charge in [0.2, 0.25) is 0 Å². The first-order chi connectivity index (χ1) is 8.60. The Labute approximate surface area is 114 Å². The molecule has 1 aromatic heterocycles. The van der Waals surface area contributed by atoms with E-state index in [1.165, 1.54) is 17.0 Å². The maximum Gasteiger partial charge on any atom is 0.142 e. The molecule has 0 spiro atoms. The van der Waals surface area contributed by atoms with Crippen LogP contribution in [0.1, 0.15) is 15.3 Å². The zero-order valence-electron chi connectivity index (χ0n) is 9.87. The Kier molecular flexibility index (Phi) is 4.22. The van der Waals surface area contributed by atoms with Crippen molar-refractivity contribution in [3.8, 4) is 5.75 Å². The van der Waals surface area contributed by atoms with E-state index in [4.69, 9.17) is 22.1 Å². The Morgan fingerprint density at radius 2 is 2.17 bits per heavy atom. The van der Waals surface area contributed by atoms with Gasteiger partial charge in [0.1, 0.15) is 18.2 Å². The predicted octanol–water partition coefficient (Wildman–Crippen LogP) is 3.89. The van der Waals surface area contributed by atoms with E-state index in [0.717, 1.165) is 10.4 Å². The van der Waals surface area contributed by atoms with E-state index in [1.807, 2.05) is 13.0 Å². The van der Waals surface area contributed by atoms with Crippen LogP contribution in [0, 0.1) is 12.7 Å². The minimum Gasteiger partial charge on any atom is -0.489 e. The number of aryl methyl sites for hydroxylation is 1. The van der Waals surface area contributed by atoms with Crippen LogP contribution >= 0.6 is 22.9 Å². The van der Waals surface area contributed by atoms with Gasteiger partial charge in [-0.25, -0.2) is 4.39 Å². The summed E-state index contributed by atoms with van der Waals surface area (Å²) in [6, 6.07) is 6.36. The maximum absolute atomic E-state index is 13.0. The molecule has 0 unspecified atom stereocenters. The number of thiophene rings is 1. The van der Waals surface area contributed by atoms with Gasteiger partial charge in [0.25, 0.3) is 0 Å². The van der Waals surface area contributed by atoms with Crippen molar-refractivity contribution >= 4 is 22.9 Å². The van der Waals surface area contributed by atoms with Crippen LogP contribution in [0.5, 0.6) is 5.75 Å². The fourth-order valence-corrected chi connectivity index (χ4v) is 2.66. The van der Waals surface area contributed by atoms with Gasteiger partial charge in [-0.05, 0) is 25.1 Å². The first-order valence-corrected chi connectivity index (χ1v) is 6.65. The summed E-state index contributed by atoms with van der Waals surface area (Å²) >= 11 is 7.35. The first kappa shape index (κ1) is 13.3. The largest absolute Gasteiger partial charge is 0.489 e. The Balaban J connectivity index is 2.06. The highest BCUT2D eigenvalue weighted by atomic mass is 35.5. The van der Waals surface area contributed by atoms with Gasteiger partial charge in [0.05, 0.1) is 5.02 Å². The van der Waals surface area contributed by atoms with Crippen molar-refractivity contribution in [2.75, 3.05) is 0 Å². The fraction of sp³-hybridized carbons (Fsp3) is 0.231. The van der Waals surface area contributed by atoms with E-state index < -0.39 is 5.82 Å². The third kappa shape index (κ3) is 3.02. The quantitative estimate of drug-likeness (QED) is 0.925. The lowest BCUT2D eigenvalue weighted by Gasteiger charge is -2.06. The topological polar surface area (TPSA) is 35.2 Å². The number of halogens is 2.